The van der Waals surface area contributed by atoms with E-state index < -0.39 is 0 Å². The average molecular weight is 510 g/mol. The van der Waals surface area contributed by atoms with Crippen LogP contribution in [0.3, 0.4) is 0 Å². The number of nitrogens with zero attached hydrogens (tertiary/aromatic N) is 4. The number of pyridine rings is 2. The van der Waals surface area contributed by atoms with E-state index in [1.165, 1.54) is 50.7 Å². The standard InChI is InChI=1S/C12H13ClN2O.C6H2Cl2N2.C6H12O/c13-12-7-11(6-9(8-14)15-12)16-10-4-2-1-3-5-10;7-4-1-5(3-9)10-6(8)2-4;7-6-4-2-1-3-5-6/h6-7,10H,1-5H2;1-2H;6-7H,1-5H2. The van der Waals surface area contributed by atoms with Crippen molar-refractivity contribution in [3.8, 4) is 17.9 Å². The van der Waals surface area contributed by atoms with Crippen molar-refractivity contribution >= 4 is 34.8 Å². The minimum atomic E-state index is 0.0359. The van der Waals surface area contributed by atoms with Crippen molar-refractivity contribution < 1.29 is 9.84 Å². The molecular formula is C24H27Cl3N4O2. The molecule has 0 bridgehead atoms. The monoisotopic (exact) mass is 508 g/mol. The summed E-state index contributed by atoms with van der Waals surface area (Å²) in [6.07, 6.45) is 12.1. The summed E-state index contributed by atoms with van der Waals surface area (Å²) < 4.78 is 5.80. The number of aliphatic hydroxyl groups is 1. The van der Waals surface area contributed by atoms with Gasteiger partial charge in [-0.25, -0.2) is 9.97 Å². The van der Waals surface area contributed by atoms with E-state index in [0.29, 0.717) is 21.6 Å². The van der Waals surface area contributed by atoms with Gasteiger partial charge in [0, 0.05) is 17.2 Å². The van der Waals surface area contributed by atoms with Crippen molar-refractivity contribution in [2.75, 3.05) is 0 Å². The van der Waals surface area contributed by atoms with Crippen molar-refractivity contribution in [1.82, 2.24) is 9.97 Å². The molecule has 6 nitrogen and oxygen atoms in total. The van der Waals surface area contributed by atoms with Gasteiger partial charge >= 0.3 is 0 Å². The molecule has 1 N–H and O–H groups in total. The third-order valence-electron chi connectivity index (χ3n) is 5.19. The van der Waals surface area contributed by atoms with Gasteiger partial charge in [0.05, 0.1) is 12.2 Å². The zero-order chi connectivity index (χ0) is 24.1. The second-order valence-corrected chi connectivity index (χ2v) is 9.11. The highest BCUT2D eigenvalue weighted by atomic mass is 35.5. The van der Waals surface area contributed by atoms with Gasteiger partial charge in [0.2, 0.25) is 0 Å². The van der Waals surface area contributed by atoms with E-state index in [1.54, 1.807) is 12.1 Å². The zero-order valence-electron chi connectivity index (χ0n) is 18.3. The van der Waals surface area contributed by atoms with Crippen LogP contribution in [0, 0.1) is 22.7 Å². The Bertz CT molecular complexity index is 943. The highest BCUT2D eigenvalue weighted by Gasteiger charge is 2.15. The maximum Gasteiger partial charge on any atom is 0.145 e. The van der Waals surface area contributed by atoms with E-state index in [1.807, 2.05) is 12.1 Å². The Balaban J connectivity index is 0.000000193. The van der Waals surface area contributed by atoms with Crippen LogP contribution in [0.1, 0.15) is 75.6 Å². The molecule has 0 saturated heterocycles. The van der Waals surface area contributed by atoms with Crippen LogP contribution in [-0.2, 0) is 0 Å². The summed E-state index contributed by atoms with van der Waals surface area (Å²) in [5.74, 6) is 0.656. The molecule has 0 radical (unpaired) electrons. The molecule has 0 unspecified atom stereocenters. The lowest BCUT2D eigenvalue weighted by molar-refractivity contribution is 0.130. The Morgan fingerprint density at radius 3 is 1.76 bits per heavy atom. The SMILES string of the molecule is N#Cc1cc(Cl)cc(Cl)n1.N#Cc1cc(OC2CCCCC2)cc(Cl)n1.OC1CCCCC1. The molecule has 0 aromatic carbocycles. The lowest BCUT2D eigenvalue weighted by Crippen LogP contribution is -2.19. The number of hydrogen-bond donors (Lipinski definition) is 1. The number of ether oxygens (including phenoxy) is 1. The van der Waals surface area contributed by atoms with E-state index >= 15 is 0 Å². The van der Waals surface area contributed by atoms with Crippen LogP contribution >= 0.6 is 34.8 Å². The van der Waals surface area contributed by atoms with Gasteiger partial charge in [0.1, 0.15) is 39.6 Å². The van der Waals surface area contributed by atoms with Crippen LogP contribution in [0.2, 0.25) is 15.3 Å². The maximum atomic E-state index is 8.91. The molecule has 4 rings (SSSR count). The van der Waals surface area contributed by atoms with Crippen molar-refractivity contribution in [3.63, 3.8) is 0 Å². The first-order valence-corrected chi connectivity index (χ1v) is 12.2. The lowest BCUT2D eigenvalue weighted by Gasteiger charge is -2.22. The molecule has 0 aliphatic heterocycles. The van der Waals surface area contributed by atoms with Gasteiger partial charge < -0.3 is 9.84 Å². The van der Waals surface area contributed by atoms with E-state index in [9.17, 15) is 0 Å². The summed E-state index contributed by atoms with van der Waals surface area (Å²) in [4.78, 5) is 7.54. The molecule has 2 aromatic rings. The second-order valence-electron chi connectivity index (χ2n) is 7.90. The maximum absolute atomic E-state index is 8.91. The van der Waals surface area contributed by atoms with Crippen molar-refractivity contribution in [2.45, 2.75) is 76.4 Å². The van der Waals surface area contributed by atoms with Gasteiger partial charge in [-0.05, 0) is 50.7 Å². The summed E-state index contributed by atoms with van der Waals surface area (Å²) in [7, 11) is 0. The minimum Gasteiger partial charge on any atom is -0.490 e. The molecule has 2 aliphatic carbocycles. The predicted molar refractivity (Wildman–Crippen MR) is 130 cm³/mol. The molecule has 176 valence electrons. The molecule has 0 spiro atoms. The Morgan fingerprint density at radius 1 is 0.758 bits per heavy atom. The summed E-state index contributed by atoms with van der Waals surface area (Å²) in [6.45, 7) is 0. The lowest BCUT2D eigenvalue weighted by atomic mass is 9.98. The fourth-order valence-corrected chi connectivity index (χ4v) is 4.25. The van der Waals surface area contributed by atoms with Crippen LogP contribution in [0.4, 0.5) is 0 Å². The molecule has 2 saturated carbocycles. The Labute approximate surface area is 210 Å². The molecule has 2 aromatic heterocycles. The number of rotatable bonds is 2. The topological polar surface area (TPSA) is 103 Å². The minimum absolute atomic E-state index is 0.0359. The summed E-state index contributed by atoms with van der Waals surface area (Å²) in [6, 6.07) is 10.0. The third kappa shape index (κ3) is 11.1. The highest BCUT2D eigenvalue weighted by molar-refractivity contribution is 6.34. The fourth-order valence-electron chi connectivity index (χ4n) is 3.58. The molecule has 33 heavy (non-hydrogen) atoms. The largest absolute Gasteiger partial charge is 0.490 e. The van der Waals surface area contributed by atoms with E-state index in [4.69, 9.17) is 55.2 Å². The van der Waals surface area contributed by atoms with Crippen molar-refractivity contribution in [3.05, 3.63) is 51.0 Å². The van der Waals surface area contributed by atoms with Gasteiger partial charge in [0.15, 0.2) is 0 Å². The zero-order valence-corrected chi connectivity index (χ0v) is 20.6. The number of aliphatic hydroxyl groups excluding tert-OH is 1. The third-order valence-corrected chi connectivity index (χ3v) is 5.79. The predicted octanol–water partition coefficient (Wildman–Crippen LogP) is 6.89. The number of aromatic nitrogens is 2. The molecule has 0 amide bonds. The molecule has 2 aliphatic rings. The first-order valence-electron chi connectivity index (χ1n) is 11.0. The summed E-state index contributed by atoms with van der Waals surface area (Å²) in [5, 5.41) is 27.0. The molecule has 0 atom stereocenters. The molecule has 9 heteroatoms. The van der Waals surface area contributed by atoms with E-state index in [2.05, 4.69) is 9.97 Å². The van der Waals surface area contributed by atoms with Crippen LogP contribution in [0.25, 0.3) is 0 Å². The Hall–Kier alpha value is -2.09. The average Bonchev–Trinajstić information content (AvgIpc) is 2.80. The van der Waals surface area contributed by atoms with Crippen LogP contribution < -0.4 is 4.74 Å². The van der Waals surface area contributed by atoms with E-state index in [-0.39, 0.29) is 23.1 Å². The highest BCUT2D eigenvalue weighted by Crippen LogP contribution is 2.25. The number of halogens is 3. The summed E-state index contributed by atoms with van der Waals surface area (Å²) >= 11 is 16.8. The Kier molecular flexibility index (Phi) is 12.3. The quantitative estimate of drug-likeness (QED) is 0.442. The van der Waals surface area contributed by atoms with Crippen LogP contribution in [0.15, 0.2) is 24.3 Å². The van der Waals surface area contributed by atoms with Gasteiger partial charge in [-0.3, -0.25) is 0 Å². The summed E-state index contributed by atoms with van der Waals surface area (Å²) in [5.41, 5.74) is 0.538. The number of nitriles is 2. The first-order chi connectivity index (χ1) is 15.9. The van der Waals surface area contributed by atoms with Gasteiger partial charge in [-0.1, -0.05) is 60.5 Å². The smallest absolute Gasteiger partial charge is 0.145 e. The van der Waals surface area contributed by atoms with Gasteiger partial charge in [0.25, 0.3) is 0 Å². The van der Waals surface area contributed by atoms with E-state index in [0.717, 1.165) is 25.7 Å². The van der Waals surface area contributed by atoms with Gasteiger partial charge in [-0.2, -0.15) is 10.5 Å². The van der Waals surface area contributed by atoms with Crippen molar-refractivity contribution in [2.24, 2.45) is 0 Å². The number of hydrogen-bond acceptors (Lipinski definition) is 6. The first kappa shape index (κ1) is 27.2. The normalized spacial score (nSPS) is 16.2. The van der Waals surface area contributed by atoms with Crippen LogP contribution in [-0.4, -0.2) is 27.3 Å². The second kappa shape index (κ2) is 14.9. The molecular weight excluding hydrogens is 483 g/mol. The molecule has 2 fully saturated rings. The fraction of sp³-hybridized carbons (Fsp3) is 0.500. The Morgan fingerprint density at radius 2 is 1.27 bits per heavy atom. The van der Waals surface area contributed by atoms with Crippen molar-refractivity contribution in [1.29, 1.82) is 10.5 Å². The van der Waals surface area contributed by atoms with Gasteiger partial charge in [-0.15, -0.1) is 0 Å². The van der Waals surface area contributed by atoms with Crippen LogP contribution in [0.5, 0.6) is 5.75 Å². The molecule has 2 heterocycles.